The predicted octanol–water partition coefficient (Wildman–Crippen LogP) is 1.40. The molecule has 0 atom stereocenters. The lowest BCUT2D eigenvalue weighted by Gasteiger charge is -2.11. The highest BCUT2D eigenvalue weighted by Crippen LogP contribution is 2.17. The zero-order valence-corrected chi connectivity index (χ0v) is 13.8. The molecule has 2 rings (SSSR count). The molecule has 0 saturated carbocycles. The van der Waals surface area contributed by atoms with Crippen molar-refractivity contribution in [2.24, 2.45) is 4.99 Å². The highest BCUT2D eigenvalue weighted by molar-refractivity contribution is 5.85. The van der Waals surface area contributed by atoms with Crippen LogP contribution in [-0.2, 0) is 11.2 Å². The van der Waals surface area contributed by atoms with E-state index in [-0.39, 0.29) is 12.5 Å². The van der Waals surface area contributed by atoms with Crippen molar-refractivity contribution < 1.29 is 4.79 Å². The molecule has 6 nitrogen and oxygen atoms in total. The van der Waals surface area contributed by atoms with E-state index in [9.17, 15) is 4.79 Å². The van der Waals surface area contributed by atoms with Crippen LogP contribution in [0, 0.1) is 0 Å². The average Bonchev–Trinajstić information content (AvgIpc) is 2.96. The van der Waals surface area contributed by atoms with E-state index >= 15 is 0 Å². The number of nitrogens with zero attached hydrogens (tertiary/aromatic N) is 1. The van der Waals surface area contributed by atoms with Crippen molar-refractivity contribution in [3.05, 3.63) is 36.0 Å². The van der Waals surface area contributed by atoms with Gasteiger partial charge in [0.2, 0.25) is 5.91 Å². The average molecular weight is 315 g/mol. The normalized spacial score (nSPS) is 11.5. The molecule has 0 aliphatic heterocycles. The number of para-hydroxylation sites is 1. The number of likely N-dealkylation sites (N-methyl/N-ethyl adjacent to an activating group) is 1. The minimum absolute atomic E-state index is 0.0682. The number of aromatic amines is 1. The van der Waals surface area contributed by atoms with Crippen LogP contribution < -0.4 is 16.0 Å². The topological polar surface area (TPSA) is 81.3 Å². The summed E-state index contributed by atoms with van der Waals surface area (Å²) in [7, 11) is 0. The monoisotopic (exact) mass is 315 g/mol. The second kappa shape index (κ2) is 8.82. The summed E-state index contributed by atoms with van der Waals surface area (Å²) in [6, 6.07) is 8.27. The van der Waals surface area contributed by atoms with Crippen molar-refractivity contribution in [1.82, 2.24) is 20.9 Å². The van der Waals surface area contributed by atoms with Gasteiger partial charge in [0.15, 0.2) is 5.96 Å². The van der Waals surface area contributed by atoms with Crippen LogP contribution in [0.1, 0.15) is 19.4 Å². The summed E-state index contributed by atoms with van der Waals surface area (Å²) in [5.74, 6) is 0.597. The summed E-state index contributed by atoms with van der Waals surface area (Å²) in [6.45, 7) is 6.17. The second-order valence-electron chi connectivity index (χ2n) is 5.18. The molecular weight excluding hydrogens is 290 g/mol. The van der Waals surface area contributed by atoms with Crippen LogP contribution in [-0.4, -0.2) is 43.0 Å². The van der Waals surface area contributed by atoms with Crippen molar-refractivity contribution in [2.45, 2.75) is 20.3 Å². The molecule has 2 aromatic rings. The number of amides is 1. The van der Waals surface area contributed by atoms with Crippen molar-refractivity contribution in [3.63, 3.8) is 0 Å². The molecule has 0 bridgehead atoms. The number of hydrogen-bond acceptors (Lipinski definition) is 2. The van der Waals surface area contributed by atoms with Gasteiger partial charge in [0.1, 0.15) is 6.54 Å². The van der Waals surface area contributed by atoms with Crippen LogP contribution in [0.4, 0.5) is 0 Å². The molecule has 0 aliphatic carbocycles. The van der Waals surface area contributed by atoms with E-state index in [0.29, 0.717) is 12.5 Å². The van der Waals surface area contributed by atoms with Crippen LogP contribution in [0.15, 0.2) is 35.5 Å². The zero-order valence-electron chi connectivity index (χ0n) is 13.8. The standard InChI is InChI=1S/C17H25N5O/c1-3-18-16(23)12-22-17(19-4-2)20-10-9-13-11-21-15-8-6-5-7-14(13)15/h5-8,11,21H,3-4,9-10,12H2,1-2H3,(H,18,23)(H2,19,20,22). The molecule has 0 aliphatic rings. The number of hydrogen-bond donors (Lipinski definition) is 4. The maximum atomic E-state index is 11.5. The maximum Gasteiger partial charge on any atom is 0.241 e. The Kier molecular flexibility index (Phi) is 6.47. The minimum atomic E-state index is -0.0682. The summed E-state index contributed by atoms with van der Waals surface area (Å²) in [4.78, 5) is 19.0. The summed E-state index contributed by atoms with van der Waals surface area (Å²) < 4.78 is 0. The fourth-order valence-electron chi connectivity index (χ4n) is 2.40. The molecule has 124 valence electrons. The molecule has 6 heteroatoms. The Hall–Kier alpha value is -2.50. The summed E-state index contributed by atoms with van der Waals surface area (Å²) >= 11 is 0. The van der Waals surface area contributed by atoms with Crippen LogP contribution in [0.2, 0.25) is 0 Å². The molecule has 1 heterocycles. The molecule has 0 saturated heterocycles. The van der Waals surface area contributed by atoms with Crippen molar-refractivity contribution >= 4 is 22.8 Å². The van der Waals surface area contributed by atoms with Crippen molar-refractivity contribution in [3.8, 4) is 0 Å². The maximum absolute atomic E-state index is 11.5. The van der Waals surface area contributed by atoms with Crippen molar-refractivity contribution in [1.29, 1.82) is 0 Å². The van der Waals surface area contributed by atoms with Gasteiger partial charge in [-0.2, -0.15) is 0 Å². The second-order valence-corrected chi connectivity index (χ2v) is 5.18. The number of carbonyl (C=O) groups is 1. The first kappa shape index (κ1) is 16.9. The highest BCUT2D eigenvalue weighted by Gasteiger charge is 2.04. The SMILES string of the molecule is CCNC(=O)CN=C(NCC)NCCc1c[nH]c2ccccc12. The van der Waals surface area contributed by atoms with Crippen molar-refractivity contribution in [2.75, 3.05) is 26.2 Å². The third-order valence-corrected chi connectivity index (χ3v) is 3.46. The van der Waals surface area contributed by atoms with Gasteiger partial charge in [-0.1, -0.05) is 18.2 Å². The summed E-state index contributed by atoms with van der Waals surface area (Å²) in [5.41, 5.74) is 2.42. The number of aliphatic imine (C=N–C) groups is 1. The Morgan fingerprint density at radius 3 is 2.70 bits per heavy atom. The fourth-order valence-corrected chi connectivity index (χ4v) is 2.40. The number of carbonyl (C=O) groups excluding carboxylic acids is 1. The van der Waals surface area contributed by atoms with Gasteiger partial charge in [-0.3, -0.25) is 4.79 Å². The predicted molar refractivity (Wildman–Crippen MR) is 94.7 cm³/mol. The van der Waals surface area contributed by atoms with Crippen LogP contribution in [0.3, 0.4) is 0 Å². The molecule has 0 fully saturated rings. The lowest BCUT2D eigenvalue weighted by molar-refractivity contribution is -0.119. The van der Waals surface area contributed by atoms with Crippen LogP contribution >= 0.6 is 0 Å². The Bertz CT molecular complexity index is 662. The molecule has 0 radical (unpaired) electrons. The zero-order chi connectivity index (χ0) is 16.5. The Labute approximate surface area is 136 Å². The van der Waals surface area contributed by atoms with Gasteiger partial charge in [0.25, 0.3) is 0 Å². The fraction of sp³-hybridized carbons (Fsp3) is 0.412. The third-order valence-electron chi connectivity index (χ3n) is 3.46. The van der Waals surface area contributed by atoms with E-state index in [1.54, 1.807) is 0 Å². The number of aromatic nitrogens is 1. The van der Waals surface area contributed by atoms with Gasteiger partial charge in [-0.15, -0.1) is 0 Å². The molecule has 4 N–H and O–H groups in total. The van der Waals surface area contributed by atoms with Gasteiger partial charge < -0.3 is 20.9 Å². The highest BCUT2D eigenvalue weighted by atomic mass is 16.1. The van der Waals surface area contributed by atoms with Gasteiger partial charge >= 0.3 is 0 Å². The van der Waals surface area contributed by atoms with E-state index in [2.05, 4.69) is 38.1 Å². The number of guanidine groups is 1. The van der Waals surface area contributed by atoms with E-state index in [4.69, 9.17) is 0 Å². The van der Waals surface area contributed by atoms with Gasteiger partial charge in [0, 0.05) is 36.7 Å². The van der Waals surface area contributed by atoms with Crippen LogP contribution in [0.25, 0.3) is 10.9 Å². The molecule has 1 amide bonds. The number of nitrogens with one attached hydrogen (secondary N) is 4. The molecule has 1 aromatic heterocycles. The van der Waals surface area contributed by atoms with Crippen LogP contribution in [0.5, 0.6) is 0 Å². The molecule has 0 unspecified atom stereocenters. The minimum Gasteiger partial charge on any atom is -0.361 e. The van der Waals surface area contributed by atoms with Gasteiger partial charge in [0.05, 0.1) is 0 Å². The van der Waals surface area contributed by atoms with E-state index in [1.807, 2.05) is 32.2 Å². The smallest absolute Gasteiger partial charge is 0.241 e. The first-order valence-corrected chi connectivity index (χ1v) is 8.08. The largest absolute Gasteiger partial charge is 0.361 e. The Morgan fingerprint density at radius 1 is 1.13 bits per heavy atom. The lowest BCUT2D eigenvalue weighted by Crippen LogP contribution is -2.39. The first-order valence-electron chi connectivity index (χ1n) is 8.08. The molecular formula is C17H25N5O. The summed E-state index contributed by atoms with van der Waals surface area (Å²) in [6.07, 6.45) is 2.93. The molecule has 23 heavy (non-hydrogen) atoms. The Balaban J connectivity index is 1.88. The number of rotatable bonds is 7. The lowest BCUT2D eigenvalue weighted by atomic mass is 10.1. The van der Waals surface area contributed by atoms with E-state index < -0.39 is 0 Å². The van der Waals surface area contributed by atoms with Gasteiger partial charge in [-0.25, -0.2) is 4.99 Å². The molecule has 0 spiro atoms. The summed E-state index contributed by atoms with van der Waals surface area (Å²) in [5, 5.41) is 10.4. The van der Waals surface area contributed by atoms with E-state index in [1.165, 1.54) is 10.9 Å². The number of benzene rings is 1. The number of H-pyrrole nitrogens is 1. The Morgan fingerprint density at radius 2 is 1.91 bits per heavy atom. The van der Waals surface area contributed by atoms with E-state index in [0.717, 1.165) is 25.0 Å². The van der Waals surface area contributed by atoms with Gasteiger partial charge in [-0.05, 0) is 31.9 Å². The third kappa shape index (κ3) is 5.02. The molecule has 1 aromatic carbocycles. The first-order chi connectivity index (χ1) is 11.2. The number of fused-ring (bicyclic) bond motifs is 1. The quantitative estimate of drug-likeness (QED) is 0.460.